The van der Waals surface area contributed by atoms with Crippen molar-refractivity contribution < 1.29 is 4.74 Å². The lowest BCUT2D eigenvalue weighted by Crippen LogP contribution is -2.48. The molecule has 1 saturated carbocycles. The molecule has 1 heteroatoms. The highest BCUT2D eigenvalue weighted by atomic mass is 16.5. The fourth-order valence-electron chi connectivity index (χ4n) is 6.12. The Morgan fingerprint density at radius 2 is 1.92 bits per heavy atom. The number of ether oxygens (including phenoxy) is 1. The molecule has 134 valence electrons. The first kappa shape index (κ1) is 17.8. The van der Waals surface area contributed by atoms with E-state index in [-0.39, 0.29) is 0 Å². The lowest BCUT2D eigenvalue weighted by molar-refractivity contribution is 0.0404. The predicted octanol–water partition coefficient (Wildman–Crippen LogP) is 6.41. The molecule has 0 spiro atoms. The van der Waals surface area contributed by atoms with Gasteiger partial charge in [-0.1, -0.05) is 54.0 Å². The summed E-state index contributed by atoms with van der Waals surface area (Å²) in [5.41, 5.74) is 6.99. The molecule has 0 heterocycles. The summed E-state index contributed by atoms with van der Waals surface area (Å²) in [5, 5.41) is 0. The van der Waals surface area contributed by atoms with Crippen LogP contribution in [0.4, 0.5) is 0 Å². The summed E-state index contributed by atoms with van der Waals surface area (Å²) < 4.78 is 5.90. The van der Waals surface area contributed by atoms with Crippen molar-refractivity contribution in [2.75, 3.05) is 7.11 Å². The van der Waals surface area contributed by atoms with Crippen LogP contribution >= 0.6 is 0 Å². The average Bonchev–Trinajstić information content (AvgIpc) is 2.51. The van der Waals surface area contributed by atoms with Crippen LogP contribution in [0.25, 0.3) is 0 Å². The second kappa shape index (κ2) is 6.07. The minimum absolute atomic E-state index is 0.342. The number of benzene rings is 1. The van der Waals surface area contributed by atoms with Crippen LogP contribution in [0.5, 0.6) is 5.75 Å². The Morgan fingerprint density at radius 3 is 2.50 bits per heavy atom. The molecular weight excluding hydrogens is 292 g/mol. The first-order chi connectivity index (χ1) is 11.3. The maximum absolute atomic E-state index is 5.90. The third-order valence-corrected chi connectivity index (χ3v) is 7.20. The predicted molar refractivity (Wildman–Crippen MR) is 103 cm³/mol. The summed E-state index contributed by atoms with van der Waals surface area (Å²) in [6, 6.07) is 2.52. The maximum Gasteiger partial charge on any atom is 0.125 e. The normalized spacial score (nSPS) is 28.4. The summed E-state index contributed by atoms with van der Waals surface area (Å²) in [6.45, 7) is 14.5. The van der Waals surface area contributed by atoms with Crippen LogP contribution in [0.15, 0.2) is 6.07 Å². The number of fused-ring (bicyclic) bond motifs is 3. The number of aryl methyl sites for hydroxylation is 1. The molecule has 0 saturated heterocycles. The molecule has 0 N–H and O–H groups in total. The molecule has 1 nitrogen and oxygen atoms in total. The van der Waals surface area contributed by atoms with E-state index in [0.717, 1.165) is 12.3 Å². The number of methoxy groups -OCH3 is 1. The van der Waals surface area contributed by atoms with E-state index < -0.39 is 0 Å². The Labute approximate surface area is 149 Å². The van der Waals surface area contributed by atoms with E-state index in [9.17, 15) is 0 Å². The van der Waals surface area contributed by atoms with E-state index in [4.69, 9.17) is 4.74 Å². The molecule has 0 radical (unpaired) electrons. The molecule has 2 unspecified atom stereocenters. The van der Waals surface area contributed by atoms with Gasteiger partial charge in [0.15, 0.2) is 0 Å². The van der Waals surface area contributed by atoms with Gasteiger partial charge in [-0.05, 0) is 71.5 Å². The largest absolute Gasteiger partial charge is 0.496 e. The fourth-order valence-corrected chi connectivity index (χ4v) is 6.12. The molecule has 2 aliphatic carbocycles. The molecule has 1 aromatic rings. The third-order valence-electron chi connectivity index (χ3n) is 7.20. The van der Waals surface area contributed by atoms with E-state index >= 15 is 0 Å². The van der Waals surface area contributed by atoms with Gasteiger partial charge in [0.1, 0.15) is 5.75 Å². The Kier molecular flexibility index (Phi) is 4.51. The van der Waals surface area contributed by atoms with E-state index in [1.807, 2.05) is 7.11 Å². The van der Waals surface area contributed by atoms with Gasteiger partial charge in [-0.2, -0.15) is 0 Å². The Morgan fingerprint density at radius 1 is 1.21 bits per heavy atom. The van der Waals surface area contributed by atoms with Crippen molar-refractivity contribution in [3.63, 3.8) is 0 Å². The van der Waals surface area contributed by atoms with Crippen LogP contribution in [0.1, 0.15) is 95.4 Å². The van der Waals surface area contributed by atoms with Crippen molar-refractivity contribution >= 4 is 0 Å². The van der Waals surface area contributed by atoms with Gasteiger partial charge in [0.05, 0.1) is 7.11 Å². The standard InChI is InChI=1S/C23H36O/c1-8-16-14-18-17(20(15(2)3)21(16)24-7)10-11-19-22(4,5)12-9-13-23(18,19)6/h14-15,19H,8-13H2,1-7H3. The summed E-state index contributed by atoms with van der Waals surface area (Å²) in [6.07, 6.45) is 7.72. The highest BCUT2D eigenvalue weighted by molar-refractivity contribution is 5.56. The molecule has 2 aliphatic rings. The van der Waals surface area contributed by atoms with Gasteiger partial charge in [0.2, 0.25) is 0 Å². The molecular formula is C23H36O. The van der Waals surface area contributed by atoms with Crippen molar-refractivity contribution in [2.45, 2.75) is 91.4 Å². The third kappa shape index (κ3) is 2.50. The summed E-state index contributed by atoms with van der Waals surface area (Å²) in [4.78, 5) is 0. The SMILES string of the molecule is CCc1cc2c(c(C(C)C)c1OC)CCC1C(C)(C)CCCC21C. The van der Waals surface area contributed by atoms with E-state index in [0.29, 0.717) is 16.7 Å². The Hall–Kier alpha value is -0.980. The van der Waals surface area contributed by atoms with Crippen molar-refractivity contribution in [3.8, 4) is 5.75 Å². The summed E-state index contributed by atoms with van der Waals surface area (Å²) >= 11 is 0. The van der Waals surface area contributed by atoms with Gasteiger partial charge < -0.3 is 4.74 Å². The van der Waals surface area contributed by atoms with E-state index in [1.54, 1.807) is 11.1 Å². The highest BCUT2D eigenvalue weighted by Gasteiger charge is 2.50. The second-order valence-electron chi connectivity index (χ2n) is 9.37. The first-order valence-corrected chi connectivity index (χ1v) is 9.99. The number of rotatable bonds is 3. The van der Waals surface area contributed by atoms with Gasteiger partial charge in [-0.15, -0.1) is 0 Å². The molecule has 0 bridgehead atoms. The van der Waals surface area contributed by atoms with Crippen molar-refractivity contribution in [1.29, 1.82) is 0 Å². The lowest BCUT2D eigenvalue weighted by atomic mass is 9.50. The molecule has 0 aliphatic heterocycles. The Bertz CT molecular complexity index is 625. The van der Waals surface area contributed by atoms with Crippen LogP contribution < -0.4 is 4.74 Å². The lowest BCUT2D eigenvalue weighted by Gasteiger charge is -2.55. The molecule has 1 aromatic carbocycles. The zero-order valence-electron chi connectivity index (χ0n) is 16.9. The average molecular weight is 329 g/mol. The summed E-state index contributed by atoms with van der Waals surface area (Å²) in [7, 11) is 1.85. The number of hydrogen-bond acceptors (Lipinski definition) is 1. The first-order valence-electron chi connectivity index (χ1n) is 9.99. The van der Waals surface area contributed by atoms with Crippen molar-refractivity contribution in [2.24, 2.45) is 11.3 Å². The summed E-state index contributed by atoms with van der Waals surface area (Å²) in [5.74, 6) is 2.50. The van der Waals surface area contributed by atoms with E-state index in [1.165, 1.54) is 49.0 Å². The van der Waals surface area contributed by atoms with Crippen molar-refractivity contribution in [3.05, 3.63) is 28.3 Å². The molecule has 2 atom stereocenters. The van der Waals surface area contributed by atoms with Gasteiger partial charge >= 0.3 is 0 Å². The van der Waals surface area contributed by atoms with Crippen LogP contribution in [0.3, 0.4) is 0 Å². The highest BCUT2D eigenvalue weighted by Crippen LogP contribution is 2.58. The molecule has 24 heavy (non-hydrogen) atoms. The minimum atomic E-state index is 0.342. The van der Waals surface area contributed by atoms with Gasteiger partial charge in [-0.3, -0.25) is 0 Å². The second-order valence-corrected chi connectivity index (χ2v) is 9.37. The van der Waals surface area contributed by atoms with Gasteiger partial charge in [0.25, 0.3) is 0 Å². The fraction of sp³-hybridized carbons (Fsp3) is 0.739. The van der Waals surface area contributed by atoms with Crippen molar-refractivity contribution in [1.82, 2.24) is 0 Å². The van der Waals surface area contributed by atoms with Gasteiger partial charge in [-0.25, -0.2) is 0 Å². The molecule has 0 amide bonds. The maximum atomic E-state index is 5.90. The van der Waals surface area contributed by atoms with E-state index in [2.05, 4.69) is 47.6 Å². The zero-order chi connectivity index (χ0) is 17.7. The molecule has 0 aromatic heterocycles. The van der Waals surface area contributed by atoms with Crippen LogP contribution in [0, 0.1) is 11.3 Å². The smallest absolute Gasteiger partial charge is 0.125 e. The van der Waals surface area contributed by atoms with Gasteiger partial charge in [0, 0.05) is 5.56 Å². The minimum Gasteiger partial charge on any atom is -0.496 e. The van der Waals surface area contributed by atoms with Crippen LogP contribution in [-0.4, -0.2) is 7.11 Å². The topological polar surface area (TPSA) is 9.23 Å². The molecule has 3 rings (SSSR count). The zero-order valence-corrected chi connectivity index (χ0v) is 16.9. The quantitative estimate of drug-likeness (QED) is 0.623. The molecule has 1 fully saturated rings. The Balaban J connectivity index is 2.25. The van der Waals surface area contributed by atoms with Crippen LogP contribution in [0.2, 0.25) is 0 Å². The van der Waals surface area contributed by atoms with Crippen LogP contribution in [-0.2, 0) is 18.3 Å². The monoisotopic (exact) mass is 328 g/mol. The number of hydrogen-bond donors (Lipinski definition) is 0.